The van der Waals surface area contributed by atoms with Gasteiger partial charge in [0, 0.05) is 0 Å². The van der Waals surface area contributed by atoms with Gasteiger partial charge in [0.25, 0.3) is 0 Å². The van der Waals surface area contributed by atoms with E-state index >= 15 is 0 Å². The van der Waals surface area contributed by atoms with Crippen LogP contribution in [-0.4, -0.2) is 0 Å². The van der Waals surface area contributed by atoms with E-state index in [9.17, 15) is 0 Å². The van der Waals surface area contributed by atoms with Crippen LogP contribution < -0.4 is 0 Å². The first-order chi connectivity index (χ1) is 5.31. The van der Waals surface area contributed by atoms with Gasteiger partial charge in [0.15, 0.2) is 0 Å². The molecular formula is C11H20. The summed E-state index contributed by atoms with van der Waals surface area (Å²) in [6, 6.07) is 0. The van der Waals surface area contributed by atoms with Crippen molar-refractivity contribution in [3.8, 4) is 0 Å². The highest BCUT2D eigenvalue weighted by molar-refractivity contribution is 4.94. The Morgan fingerprint density at radius 2 is 1.82 bits per heavy atom. The molecule has 0 aromatic rings. The molecule has 2 unspecified atom stereocenters. The monoisotopic (exact) mass is 152 g/mol. The molecule has 0 radical (unpaired) electrons. The summed E-state index contributed by atoms with van der Waals surface area (Å²) in [4.78, 5) is 0. The van der Waals surface area contributed by atoms with E-state index in [2.05, 4.69) is 13.8 Å². The van der Waals surface area contributed by atoms with Crippen molar-refractivity contribution in [2.24, 2.45) is 23.7 Å². The molecule has 2 aliphatic carbocycles. The Hall–Kier alpha value is 0. The van der Waals surface area contributed by atoms with E-state index in [1.54, 1.807) is 19.3 Å². The lowest BCUT2D eigenvalue weighted by molar-refractivity contribution is 0.153. The normalized spacial score (nSPS) is 48.5. The van der Waals surface area contributed by atoms with E-state index in [0.717, 1.165) is 23.7 Å². The maximum Gasteiger partial charge on any atom is -0.0357 e. The first-order valence-corrected chi connectivity index (χ1v) is 5.31. The van der Waals surface area contributed by atoms with E-state index < -0.39 is 0 Å². The van der Waals surface area contributed by atoms with E-state index in [1.807, 2.05) is 0 Å². The third kappa shape index (κ3) is 1.45. The first kappa shape index (κ1) is 7.64. The van der Waals surface area contributed by atoms with Crippen LogP contribution in [0.3, 0.4) is 0 Å². The predicted molar refractivity (Wildman–Crippen MR) is 48.4 cm³/mol. The van der Waals surface area contributed by atoms with Crippen molar-refractivity contribution >= 4 is 0 Å². The van der Waals surface area contributed by atoms with Crippen LogP contribution in [-0.2, 0) is 0 Å². The van der Waals surface area contributed by atoms with Crippen molar-refractivity contribution in [2.45, 2.75) is 46.0 Å². The fourth-order valence-corrected chi connectivity index (χ4v) is 2.79. The molecule has 64 valence electrons. The summed E-state index contributed by atoms with van der Waals surface area (Å²) < 4.78 is 0. The Morgan fingerprint density at radius 1 is 1.18 bits per heavy atom. The molecule has 0 N–H and O–H groups in total. The van der Waals surface area contributed by atoms with Crippen LogP contribution in [0.4, 0.5) is 0 Å². The number of rotatable bonds is 3. The van der Waals surface area contributed by atoms with Gasteiger partial charge >= 0.3 is 0 Å². The molecule has 2 aliphatic rings. The minimum Gasteiger partial charge on any atom is -0.0654 e. The molecule has 0 saturated heterocycles. The highest BCUT2D eigenvalue weighted by atomic mass is 14.5. The molecule has 0 aliphatic heterocycles. The minimum absolute atomic E-state index is 1.09. The van der Waals surface area contributed by atoms with Crippen LogP contribution >= 0.6 is 0 Å². The molecule has 11 heavy (non-hydrogen) atoms. The largest absolute Gasteiger partial charge is 0.0654 e. The molecule has 2 rings (SSSR count). The standard InChI is InChI=1S/C11H20/c1-3-4-9-6-10(7-9)11-5-8(11)2/h8-11H,3-7H2,1-2H3. The molecule has 2 atom stereocenters. The van der Waals surface area contributed by atoms with E-state index in [0.29, 0.717) is 0 Å². The quantitative estimate of drug-likeness (QED) is 0.581. The van der Waals surface area contributed by atoms with Gasteiger partial charge in [-0.2, -0.15) is 0 Å². The van der Waals surface area contributed by atoms with Crippen molar-refractivity contribution < 1.29 is 0 Å². The molecule has 0 nitrogen and oxygen atoms in total. The van der Waals surface area contributed by atoms with Gasteiger partial charge in [0.2, 0.25) is 0 Å². The third-order valence-corrected chi connectivity index (χ3v) is 3.75. The lowest BCUT2D eigenvalue weighted by Crippen LogP contribution is -2.25. The highest BCUT2D eigenvalue weighted by Crippen LogP contribution is 2.54. The van der Waals surface area contributed by atoms with Crippen molar-refractivity contribution in [2.75, 3.05) is 0 Å². The summed E-state index contributed by atoms with van der Waals surface area (Å²) in [5.74, 6) is 4.52. The Balaban J connectivity index is 1.64. The summed E-state index contributed by atoms with van der Waals surface area (Å²) in [7, 11) is 0. The molecule has 2 saturated carbocycles. The van der Waals surface area contributed by atoms with Gasteiger partial charge in [0.05, 0.1) is 0 Å². The van der Waals surface area contributed by atoms with E-state index in [4.69, 9.17) is 0 Å². The molecule has 0 amide bonds. The molecular weight excluding hydrogens is 132 g/mol. The minimum atomic E-state index is 1.09. The van der Waals surface area contributed by atoms with Crippen LogP contribution in [0.2, 0.25) is 0 Å². The van der Waals surface area contributed by atoms with Crippen LogP contribution in [0.5, 0.6) is 0 Å². The second kappa shape index (κ2) is 2.80. The lowest BCUT2D eigenvalue weighted by atomic mass is 9.70. The summed E-state index contributed by atoms with van der Waals surface area (Å²) in [6.07, 6.45) is 7.59. The van der Waals surface area contributed by atoms with E-state index in [1.165, 1.54) is 12.8 Å². The van der Waals surface area contributed by atoms with Gasteiger partial charge in [0.1, 0.15) is 0 Å². The second-order valence-corrected chi connectivity index (χ2v) is 4.76. The summed E-state index contributed by atoms with van der Waals surface area (Å²) in [5.41, 5.74) is 0. The van der Waals surface area contributed by atoms with Crippen LogP contribution in [0.15, 0.2) is 0 Å². The van der Waals surface area contributed by atoms with Gasteiger partial charge in [-0.15, -0.1) is 0 Å². The van der Waals surface area contributed by atoms with Crippen molar-refractivity contribution in [3.63, 3.8) is 0 Å². The first-order valence-electron chi connectivity index (χ1n) is 5.31. The molecule has 0 aromatic heterocycles. The lowest BCUT2D eigenvalue weighted by Gasteiger charge is -2.35. The molecule has 0 aromatic carbocycles. The molecule has 0 heterocycles. The Labute approximate surface area is 70.4 Å². The summed E-state index contributed by atoms with van der Waals surface area (Å²) >= 11 is 0. The Bertz CT molecular complexity index is 133. The van der Waals surface area contributed by atoms with Crippen LogP contribution in [0, 0.1) is 23.7 Å². The number of hydrogen-bond acceptors (Lipinski definition) is 0. The SMILES string of the molecule is CCCC1CC(C2CC2C)C1. The smallest absolute Gasteiger partial charge is 0.0357 e. The number of hydrogen-bond donors (Lipinski definition) is 0. The van der Waals surface area contributed by atoms with Crippen molar-refractivity contribution in [1.29, 1.82) is 0 Å². The average Bonchev–Trinajstić information content (AvgIpc) is 2.56. The summed E-state index contributed by atoms with van der Waals surface area (Å²) in [6.45, 7) is 4.73. The van der Waals surface area contributed by atoms with Crippen LogP contribution in [0.1, 0.15) is 46.0 Å². The Morgan fingerprint density at radius 3 is 2.27 bits per heavy atom. The fourth-order valence-electron chi connectivity index (χ4n) is 2.79. The third-order valence-electron chi connectivity index (χ3n) is 3.75. The van der Waals surface area contributed by atoms with Gasteiger partial charge in [-0.1, -0.05) is 26.7 Å². The average molecular weight is 152 g/mol. The maximum absolute atomic E-state index is 2.41. The van der Waals surface area contributed by atoms with Gasteiger partial charge in [-0.05, 0) is 42.9 Å². The van der Waals surface area contributed by atoms with E-state index in [-0.39, 0.29) is 0 Å². The molecule has 0 spiro atoms. The molecule has 0 heteroatoms. The molecule has 2 fully saturated rings. The zero-order valence-corrected chi connectivity index (χ0v) is 7.84. The summed E-state index contributed by atoms with van der Waals surface area (Å²) in [5, 5.41) is 0. The van der Waals surface area contributed by atoms with Gasteiger partial charge in [-0.25, -0.2) is 0 Å². The van der Waals surface area contributed by atoms with Crippen molar-refractivity contribution in [3.05, 3.63) is 0 Å². The zero-order chi connectivity index (χ0) is 7.84. The predicted octanol–water partition coefficient (Wildman–Crippen LogP) is 3.47. The second-order valence-electron chi connectivity index (χ2n) is 4.76. The maximum atomic E-state index is 2.41. The van der Waals surface area contributed by atoms with Crippen LogP contribution in [0.25, 0.3) is 0 Å². The van der Waals surface area contributed by atoms with Crippen molar-refractivity contribution in [1.82, 2.24) is 0 Å². The van der Waals surface area contributed by atoms with Gasteiger partial charge < -0.3 is 0 Å². The highest BCUT2D eigenvalue weighted by Gasteiger charge is 2.44. The zero-order valence-electron chi connectivity index (χ0n) is 7.84. The Kier molecular flexibility index (Phi) is 1.95. The van der Waals surface area contributed by atoms with Gasteiger partial charge in [-0.3, -0.25) is 0 Å². The fraction of sp³-hybridized carbons (Fsp3) is 1.00. The molecule has 0 bridgehead atoms. The topological polar surface area (TPSA) is 0 Å².